The number of anilines is 1. The summed E-state index contributed by atoms with van der Waals surface area (Å²) in [5.74, 6) is 1.57. The standard InChI is InChI=1S/C21H24N2O5.ClH/c24-11-22-17-10-14(3-7-18(17)25)21(26)16-6-5-15(23-16)4-1-13-2-8-19-20(9-13)28-12-27-19;/h2-3,7-11,15-16,21,23,25-26H,1,4-6,12H2,(H,22,24);1H. The van der Waals surface area contributed by atoms with E-state index in [2.05, 4.69) is 16.7 Å². The second-order valence-electron chi connectivity index (χ2n) is 7.26. The summed E-state index contributed by atoms with van der Waals surface area (Å²) in [6.45, 7) is 0.282. The van der Waals surface area contributed by atoms with Gasteiger partial charge in [0.25, 0.3) is 0 Å². The molecule has 8 heteroatoms. The Hall–Kier alpha value is -2.48. The van der Waals surface area contributed by atoms with Crippen LogP contribution >= 0.6 is 12.4 Å². The summed E-state index contributed by atoms with van der Waals surface area (Å²) in [5.41, 5.74) is 2.16. The third-order valence-electron chi connectivity index (χ3n) is 5.45. The Labute approximate surface area is 175 Å². The molecule has 1 fully saturated rings. The summed E-state index contributed by atoms with van der Waals surface area (Å²) in [6.07, 6.45) is 3.54. The molecule has 2 aromatic carbocycles. The molecule has 0 spiro atoms. The zero-order valence-electron chi connectivity index (χ0n) is 15.8. The van der Waals surface area contributed by atoms with Gasteiger partial charge in [0.1, 0.15) is 5.75 Å². The van der Waals surface area contributed by atoms with Gasteiger partial charge in [-0.25, -0.2) is 0 Å². The van der Waals surface area contributed by atoms with Gasteiger partial charge in [0.2, 0.25) is 13.2 Å². The first-order chi connectivity index (χ1) is 13.6. The second-order valence-corrected chi connectivity index (χ2v) is 7.26. The zero-order chi connectivity index (χ0) is 19.5. The van der Waals surface area contributed by atoms with E-state index in [0.717, 1.165) is 37.2 Å². The van der Waals surface area contributed by atoms with Crippen LogP contribution in [0.2, 0.25) is 0 Å². The number of phenolic OH excluding ortho intramolecular Hbond substituents is 1. The SMILES string of the molecule is Cl.O=CNc1cc(C(O)C2CCC(CCc3ccc4c(c3)OCO4)N2)ccc1O. The average Bonchev–Trinajstić information content (AvgIpc) is 3.36. The van der Waals surface area contributed by atoms with Gasteiger partial charge in [0, 0.05) is 12.1 Å². The fourth-order valence-electron chi connectivity index (χ4n) is 3.91. The number of aromatic hydroxyl groups is 1. The van der Waals surface area contributed by atoms with E-state index >= 15 is 0 Å². The minimum absolute atomic E-state index is 0. The third-order valence-corrected chi connectivity index (χ3v) is 5.45. The molecule has 0 saturated carbocycles. The fourth-order valence-corrected chi connectivity index (χ4v) is 3.91. The lowest BCUT2D eigenvalue weighted by Crippen LogP contribution is -2.34. The van der Waals surface area contributed by atoms with Crippen LogP contribution in [0.4, 0.5) is 5.69 Å². The molecular weight excluding hydrogens is 396 g/mol. The number of phenols is 1. The highest BCUT2D eigenvalue weighted by molar-refractivity contribution is 5.85. The van der Waals surface area contributed by atoms with Crippen molar-refractivity contribution in [3.8, 4) is 17.2 Å². The Bertz CT molecular complexity index is 863. The molecular formula is C21H25ClN2O5. The van der Waals surface area contributed by atoms with Crippen LogP contribution in [0, 0.1) is 0 Å². The van der Waals surface area contributed by atoms with Gasteiger partial charge in [0.05, 0.1) is 11.8 Å². The monoisotopic (exact) mass is 420 g/mol. The number of carbonyl (C=O) groups excluding carboxylic acids is 1. The fraction of sp³-hybridized carbons (Fsp3) is 0.381. The lowest BCUT2D eigenvalue weighted by Gasteiger charge is -2.21. The van der Waals surface area contributed by atoms with Crippen LogP contribution in [0.1, 0.15) is 36.5 Å². The Morgan fingerprint density at radius 1 is 1.17 bits per heavy atom. The number of hydrogen-bond donors (Lipinski definition) is 4. The van der Waals surface area contributed by atoms with E-state index in [4.69, 9.17) is 9.47 Å². The molecule has 0 aromatic heterocycles. The molecule has 0 bridgehead atoms. The number of halogens is 1. The molecule has 2 heterocycles. The third kappa shape index (κ3) is 4.75. The number of aryl methyl sites for hydroxylation is 1. The van der Waals surface area contributed by atoms with Crippen molar-refractivity contribution in [3.63, 3.8) is 0 Å². The van der Waals surface area contributed by atoms with Crippen molar-refractivity contribution in [2.75, 3.05) is 12.1 Å². The maximum absolute atomic E-state index is 10.7. The summed E-state index contributed by atoms with van der Waals surface area (Å²) < 4.78 is 10.8. The van der Waals surface area contributed by atoms with Crippen molar-refractivity contribution < 1.29 is 24.5 Å². The largest absolute Gasteiger partial charge is 0.506 e. The normalized spacial score (nSPS) is 20.7. The van der Waals surface area contributed by atoms with E-state index < -0.39 is 6.10 Å². The maximum atomic E-state index is 10.7. The van der Waals surface area contributed by atoms with Crippen LogP contribution < -0.4 is 20.1 Å². The number of aliphatic hydroxyl groups excluding tert-OH is 1. The molecule has 2 aliphatic rings. The number of carbonyl (C=O) groups is 1. The van der Waals surface area contributed by atoms with Crippen LogP contribution in [0.3, 0.4) is 0 Å². The van der Waals surface area contributed by atoms with Gasteiger partial charge in [-0.3, -0.25) is 4.79 Å². The quantitative estimate of drug-likeness (QED) is 0.406. The molecule has 4 N–H and O–H groups in total. The first-order valence-corrected chi connectivity index (χ1v) is 9.50. The van der Waals surface area contributed by atoms with Crippen molar-refractivity contribution in [1.29, 1.82) is 0 Å². The predicted molar refractivity (Wildman–Crippen MR) is 111 cm³/mol. The lowest BCUT2D eigenvalue weighted by atomic mass is 10.00. The van der Waals surface area contributed by atoms with Crippen LogP contribution in [0.15, 0.2) is 36.4 Å². The number of benzene rings is 2. The molecule has 3 atom stereocenters. The predicted octanol–water partition coefficient (Wildman–Crippen LogP) is 2.90. The van der Waals surface area contributed by atoms with Crippen LogP contribution in [0.5, 0.6) is 17.2 Å². The topological polar surface area (TPSA) is 100 Å². The number of rotatable bonds is 7. The van der Waals surface area contributed by atoms with Crippen LogP contribution in [0.25, 0.3) is 0 Å². The molecule has 156 valence electrons. The maximum Gasteiger partial charge on any atom is 0.231 e. The molecule has 29 heavy (non-hydrogen) atoms. The molecule has 7 nitrogen and oxygen atoms in total. The average molecular weight is 421 g/mol. The molecule has 1 saturated heterocycles. The number of nitrogens with one attached hydrogen (secondary N) is 2. The summed E-state index contributed by atoms with van der Waals surface area (Å²) in [6, 6.07) is 11.1. The highest BCUT2D eigenvalue weighted by Crippen LogP contribution is 2.34. The van der Waals surface area contributed by atoms with Gasteiger partial charge in [-0.2, -0.15) is 0 Å². The minimum atomic E-state index is -0.705. The molecule has 0 aliphatic carbocycles. The van der Waals surface area contributed by atoms with Crippen molar-refractivity contribution in [2.24, 2.45) is 0 Å². The van der Waals surface area contributed by atoms with E-state index in [0.29, 0.717) is 23.7 Å². The van der Waals surface area contributed by atoms with Crippen molar-refractivity contribution in [1.82, 2.24) is 5.32 Å². The summed E-state index contributed by atoms with van der Waals surface area (Å²) >= 11 is 0. The molecule has 4 rings (SSSR count). The molecule has 0 radical (unpaired) electrons. The first-order valence-electron chi connectivity index (χ1n) is 9.50. The highest BCUT2D eigenvalue weighted by atomic mass is 35.5. The van der Waals surface area contributed by atoms with Gasteiger partial charge in [-0.15, -0.1) is 12.4 Å². The molecule has 1 amide bonds. The minimum Gasteiger partial charge on any atom is -0.506 e. The molecule has 3 unspecified atom stereocenters. The molecule has 2 aliphatic heterocycles. The van der Waals surface area contributed by atoms with Gasteiger partial charge >= 0.3 is 0 Å². The Morgan fingerprint density at radius 3 is 2.83 bits per heavy atom. The van der Waals surface area contributed by atoms with Gasteiger partial charge in [-0.05, 0) is 61.1 Å². The Morgan fingerprint density at radius 2 is 2.00 bits per heavy atom. The van der Waals surface area contributed by atoms with Crippen molar-refractivity contribution in [2.45, 2.75) is 43.9 Å². The number of fused-ring (bicyclic) bond motifs is 1. The molecule has 2 aromatic rings. The smallest absolute Gasteiger partial charge is 0.231 e. The van der Waals surface area contributed by atoms with E-state index in [1.807, 2.05) is 12.1 Å². The highest BCUT2D eigenvalue weighted by Gasteiger charge is 2.30. The zero-order valence-corrected chi connectivity index (χ0v) is 16.7. The second kappa shape index (κ2) is 9.35. The van der Waals surface area contributed by atoms with Crippen molar-refractivity contribution in [3.05, 3.63) is 47.5 Å². The summed E-state index contributed by atoms with van der Waals surface area (Å²) in [4.78, 5) is 10.6. The van der Waals surface area contributed by atoms with Crippen LogP contribution in [-0.2, 0) is 11.2 Å². The Kier molecular flexibility index (Phi) is 6.84. The Balaban J connectivity index is 0.00000240. The summed E-state index contributed by atoms with van der Waals surface area (Å²) in [7, 11) is 0. The lowest BCUT2D eigenvalue weighted by molar-refractivity contribution is -0.105. The van der Waals surface area contributed by atoms with E-state index in [1.165, 1.54) is 11.6 Å². The van der Waals surface area contributed by atoms with E-state index in [-0.39, 0.29) is 31.0 Å². The number of amides is 1. The van der Waals surface area contributed by atoms with E-state index in [1.54, 1.807) is 12.1 Å². The van der Waals surface area contributed by atoms with E-state index in [9.17, 15) is 15.0 Å². The van der Waals surface area contributed by atoms with Gasteiger partial charge in [-0.1, -0.05) is 12.1 Å². The number of ether oxygens (including phenoxy) is 2. The van der Waals surface area contributed by atoms with Crippen LogP contribution in [-0.4, -0.2) is 35.5 Å². The van der Waals surface area contributed by atoms with Crippen molar-refractivity contribution >= 4 is 24.5 Å². The van der Waals surface area contributed by atoms with Gasteiger partial charge < -0.3 is 30.3 Å². The summed E-state index contributed by atoms with van der Waals surface area (Å²) in [5, 5.41) is 26.4. The van der Waals surface area contributed by atoms with Gasteiger partial charge in [0.15, 0.2) is 11.5 Å². The number of aliphatic hydroxyl groups is 1. The number of hydrogen-bond acceptors (Lipinski definition) is 6. The first kappa shape index (κ1) is 21.2.